The van der Waals surface area contributed by atoms with Crippen LogP contribution in [0.1, 0.15) is 37.5 Å². The third-order valence-corrected chi connectivity index (χ3v) is 7.28. The number of halogens is 1. The lowest BCUT2D eigenvalue weighted by molar-refractivity contribution is 0.0903. The summed E-state index contributed by atoms with van der Waals surface area (Å²) in [6, 6.07) is 4.29. The van der Waals surface area contributed by atoms with E-state index in [4.69, 9.17) is 4.74 Å². The number of aromatic nitrogens is 5. The van der Waals surface area contributed by atoms with Crippen molar-refractivity contribution in [1.82, 2.24) is 29.4 Å². The average Bonchev–Trinajstić information content (AvgIpc) is 3.41. The molecule has 2 aliphatic heterocycles. The van der Waals surface area contributed by atoms with Crippen LogP contribution in [0.4, 0.5) is 10.3 Å². The molecule has 0 bridgehead atoms. The van der Waals surface area contributed by atoms with Gasteiger partial charge in [-0.3, -0.25) is 0 Å². The molecule has 0 spiro atoms. The van der Waals surface area contributed by atoms with Crippen LogP contribution in [-0.4, -0.2) is 68.8 Å². The minimum absolute atomic E-state index is 0.296. The summed E-state index contributed by atoms with van der Waals surface area (Å²) in [5.74, 6) is 1.17. The van der Waals surface area contributed by atoms with Crippen LogP contribution >= 0.6 is 0 Å². The number of hydrogen-bond acceptors (Lipinski definition) is 6. The number of aryl methyl sites for hydroxylation is 1. The zero-order valence-corrected chi connectivity index (χ0v) is 19.6. The largest absolute Gasteiger partial charge is 0.381 e. The van der Waals surface area contributed by atoms with Crippen molar-refractivity contribution < 1.29 is 9.13 Å². The van der Waals surface area contributed by atoms with E-state index in [9.17, 15) is 0 Å². The van der Waals surface area contributed by atoms with Gasteiger partial charge in [-0.2, -0.15) is 4.98 Å². The number of piperidine rings is 1. The number of rotatable bonds is 4. The summed E-state index contributed by atoms with van der Waals surface area (Å²) in [7, 11) is 2.15. The van der Waals surface area contributed by atoms with E-state index in [1.807, 2.05) is 19.3 Å². The summed E-state index contributed by atoms with van der Waals surface area (Å²) in [4.78, 5) is 19.4. The third-order valence-electron chi connectivity index (χ3n) is 7.28. The fourth-order valence-electron chi connectivity index (χ4n) is 5.38. The van der Waals surface area contributed by atoms with Crippen LogP contribution in [0.25, 0.3) is 33.2 Å². The fourth-order valence-corrected chi connectivity index (χ4v) is 5.38. The van der Waals surface area contributed by atoms with Gasteiger partial charge in [0, 0.05) is 48.6 Å². The Morgan fingerprint density at radius 2 is 1.91 bits per heavy atom. The second kappa shape index (κ2) is 8.63. The number of benzene rings is 1. The van der Waals surface area contributed by atoms with E-state index in [1.54, 1.807) is 6.07 Å². The molecule has 0 radical (unpaired) electrons. The molecule has 2 fully saturated rings. The summed E-state index contributed by atoms with van der Waals surface area (Å²) in [5, 5.41) is 4.28. The van der Waals surface area contributed by atoms with Crippen LogP contribution in [0, 0.1) is 12.7 Å². The second-order valence-corrected chi connectivity index (χ2v) is 9.58. The SMILES string of the molecule is Cc1nc2c(F)cc(-c3c[nH]c4nc(NC5CCOCC5)ncc34)cc2n1C1CCN(C)CC1. The van der Waals surface area contributed by atoms with Crippen LogP contribution in [0.5, 0.6) is 0 Å². The number of fused-ring (bicyclic) bond motifs is 2. The summed E-state index contributed by atoms with van der Waals surface area (Å²) in [6.07, 6.45) is 7.68. The first kappa shape index (κ1) is 21.5. The van der Waals surface area contributed by atoms with Gasteiger partial charge < -0.3 is 24.5 Å². The van der Waals surface area contributed by atoms with Gasteiger partial charge in [-0.1, -0.05) is 0 Å². The maximum atomic E-state index is 15.2. The third kappa shape index (κ3) is 3.82. The highest BCUT2D eigenvalue weighted by Gasteiger charge is 2.24. The number of anilines is 1. The fraction of sp³-hybridized carbons (Fsp3) is 0.480. The molecular formula is C25H30FN7O. The number of imidazole rings is 1. The molecule has 1 aromatic carbocycles. The van der Waals surface area contributed by atoms with Gasteiger partial charge in [-0.05, 0) is 70.4 Å². The number of hydrogen-bond donors (Lipinski definition) is 2. The Balaban J connectivity index is 1.36. The van der Waals surface area contributed by atoms with E-state index in [2.05, 4.69) is 47.8 Å². The molecule has 0 amide bonds. The molecule has 9 heteroatoms. The molecule has 3 aromatic heterocycles. The Kier molecular flexibility index (Phi) is 5.45. The molecular weight excluding hydrogens is 433 g/mol. The Bertz CT molecular complexity index is 1330. The van der Waals surface area contributed by atoms with Crippen LogP contribution in [0.2, 0.25) is 0 Å². The Morgan fingerprint density at radius 1 is 1.12 bits per heavy atom. The quantitative estimate of drug-likeness (QED) is 0.470. The molecule has 2 saturated heterocycles. The number of H-pyrrole nitrogens is 1. The summed E-state index contributed by atoms with van der Waals surface area (Å²) < 4.78 is 22.9. The lowest BCUT2D eigenvalue weighted by Gasteiger charge is -2.30. The van der Waals surface area contributed by atoms with Crippen molar-refractivity contribution in [2.24, 2.45) is 0 Å². The normalized spacial score (nSPS) is 18.8. The Labute approximate surface area is 197 Å². The van der Waals surface area contributed by atoms with Crippen molar-refractivity contribution in [3.05, 3.63) is 36.2 Å². The van der Waals surface area contributed by atoms with Crippen LogP contribution in [0.15, 0.2) is 24.5 Å². The molecule has 0 aliphatic carbocycles. The van der Waals surface area contributed by atoms with E-state index in [1.165, 1.54) is 0 Å². The van der Waals surface area contributed by atoms with Gasteiger partial charge in [-0.25, -0.2) is 14.4 Å². The van der Waals surface area contributed by atoms with Crippen molar-refractivity contribution in [3.8, 4) is 11.1 Å². The van der Waals surface area contributed by atoms with E-state index in [0.29, 0.717) is 23.5 Å². The van der Waals surface area contributed by atoms with E-state index < -0.39 is 0 Å². The van der Waals surface area contributed by atoms with Gasteiger partial charge in [0.05, 0.1) is 5.52 Å². The van der Waals surface area contributed by atoms with Crippen LogP contribution < -0.4 is 5.32 Å². The van der Waals surface area contributed by atoms with Gasteiger partial charge >= 0.3 is 0 Å². The first-order chi connectivity index (χ1) is 16.6. The molecule has 0 unspecified atom stereocenters. The van der Waals surface area contributed by atoms with E-state index in [0.717, 1.165) is 85.5 Å². The highest BCUT2D eigenvalue weighted by molar-refractivity contribution is 5.96. The van der Waals surface area contributed by atoms with Crippen molar-refractivity contribution in [2.75, 3.05) is 38.7 Å². The summed E-state index contributed by atoms with van der Waals surface area (Å²) in [6.45, 7) is 5.57. The maximum absolute atomic E-state index is 15.2. The van der Waals surface area contributed by atoms with Gasteiger partial charge in [0.2, 0.25) is 5.95 Å². The maximum Gasteiger partial charge on any atom is 0.224 e. The summed E-state index contributed by atoms with van der Waals surface area (Å²) >= 11 is 0. The molecule has 2 N–H and O–H groups in total. The van der Waals surface area contributed by atoms with Crippen molar-refractivity contribution in [2.45, 2.75) is 44.7 Å². The van der Waals surface area contributed by atoms with E-state index >= 15 is 4.39 Å². The minimum Gasteiger partial charge on any atom is -0.381 e. The molecule has 6 rings (SSSR count). The van der Waals surface area contributed by atoms with Crippen molar-refractivity contribution >= 4 is 28.0 Å². The van der Waals surface area contributed by atoms with E-state index in [-0.39, 0.29) is 5.82 Å². The number of nitrogens with one attached hydrogen (secondary N) is 2. The summed E-state index contributed by atoms with van der Waals surface area (Å²) in [5.41, 5.74) is 3.73. The van der Waals surface area contributed by atoms with Crippen LogP contribution in [0.3, 0.4) is 0 Å². The Hall–Kier alpha value is -3.04. The highest BCUT2D eigenvalue weighted by Crippen LogP contribution is 2.35. The molecule has 4 aromatic rings. The highest BCUT2D eigenvalue weighted by atomic mass is 19.1. The number of likely N-dealkylation sites (tertiary alicyclic amines) is 1. The molecule has 8 nitrogen and oxygen atoms in total. The zero-order valence-electron chi connectivity index (χ0n) is 19.6. The smallest absolute Gasteiger partial charge is 0.224 e. The molecule has 34 heavy (non-hydrogen) atoms. The molecule has 178 valence electrons. The Morgan fingerprint density at radius 3 is 2.71 bits per heavy atom. The molecule has 2 aliphatic rings. The predicted molar refractivity (Wildman–Crippen MR) is 131 cm³/mol. The van der Waals surface area contributed by atoms with Crippen LogP contribution in [-0.2, 0) is 4.74 Å². The van der Waals surface area contributed by atoms with Gasteiger partial charge in [0.1, 0.15) is 17.0 Å². The lowest BCUT2D eigenvalue weighted by Crippen LogP contribution is -2.31. The number of nitrogens with zero attached hydrogens (tertiary/aromatic N) is 5. The monoisotopic (exact) mass is 463 g/mol. The van der Waals surface area contributed by atoms with Gasteiger partial charge in [-0.15, -0.1) is 0 Å². The van der Waals surface area contributed by atoms with Crippen molar-refractivity contribution in [1.29, 1.82) is 0 Å². The predicted octanol–water partition coefficient (Wildman–Crippen LogP) is 4.28. The average molecular weight is 464 g/mol. The zero-order chi connectivity index (χ0) is 23.2. The second-order valence-electron chi connectivity index (χ2n) is 9.58. The molecule has 0 saturated carbocycles. The molecule has 5 heterocycles. The lowest BCUT2D eigenvalue weighted by atomic mass is 10.0. The standard InChI is InChI=1S/C25H30FN7O/c1-15-29-23-21(26)11-16(12-22(23)33(15)18-3-7-32(2)8-4-18)19-13-27-24-20(19)14-28-25(31-24)30-17-5-9-34-10-6-17/h11-14,17-18H,3-10H2,1-2H3,(H2,27,28,30,31). The first-order valence-corrected chi connectivity index (χ1v) is 12.1. The number of aromatic amines is 1. The number of ether oxygens (including phenoxy) is 1. The first-order valence-electron chi connectivity index (χ1n) is 12.1. The van der Waals surface area contributed by atoms with Gasteiger partial charge in [0.15, 0.2) is 5.82 Å². The minimum atomic E-state index is -0.296. The van der Waals surface area contributed by atoms with Crippen molar-refractivity contribution in [3.63, 3.8) is 0 Å². The molecule has 0 atom stereocenters. The van der Waals surface area contributed by atoms with Gasteiger partial charge in [0.25, 0.3) is 0 Å². The topological polar surface area (TPSA) is 83.9 Å².